The van der Waals surface area contributed by atoms with E-state index in [4.69, 9.17) is 4.18 Å². The highest BCUT2D eigenvalue weighted by Crippen LogP contribution is 2.09. The molecule has 0 saturated heterocycles. The first kappa shape index (κ1) is 11.0. The predicted octanol–water partition coefficient (Wildman–Crippen LogP) is 2.50. The Kier molecular flexibility index (Phi) is 6.19. The van der Waals surface area contributed by atoms with E-state index in [0.29, 0.717) is 17.7 Å². The third-order valence-corrected chi connectivity index (χ3v) is 1.64. The number of hydrogen-bond acceptors (Lipinski definition) is 3. The minimum atomic E-state index is -0.387. The first-order valence-electron chi connectivity index (χ1n) is 3.45. The van der Waals surface area contributed by atoms with Gasteiger partial charge in [-0.25, -0.2) is 4.79 Å². The van der Waals surface area contributed by atoms with Gasteiger partial charge in [0.25, 0.3) is 0 Å². The zero-order valence-corrected chi connectivity index (χ0v) is 7.73. The Balaban J connectivity index is 3.63. The summed E-state index contributed by atoms with van der Waals surface area (Å²) >= 11 is 1.05. The lowest BCUT2D eigenvalue weighted by molar-refractivity contribution is -0.128. The topological polar surface area (TPSA) is 26.3 Å². The highest BCUT2D eigenvalue weighted by molar-refractivity contribution is 7.95. The molecule has 0 aliphatic heterocycles. The van der Waals surface area contributed by atoms with Gasteiger partial charge in [0.05, 0.1) is 12.0 Å². The van der Waals surface area contributed by atoms with Gasteiger partial charge < -0.3 is 4.18 Å². The lowest BCUT2D eigenvalue weighted by atomic mass is 10.2. The molecule has 0 radical (unpaired) electrons. The van der Waals surface area contributed by atoms with Gasteiger partial charge >= 0.3 is 5.97 Å². The van der Waals surface area contributed by atoms with Gasteiger partial charge in [0.15, 0.2) is 0 Å². The Bertz CT molecular complexity index is 197. The van der Waals surface area contributed by atoms with E-state index in [0.717, 1.165) is 12.0 Å². The summed E-state index contributed by atoms with van der Waals surface area (Å²) in [5, 5.41) is 0. The summed E-state index contributed by atoms with van der Waals surface area (Å²) < 4.78 is 4.76. The number of rotatable bonds is 6. The van der Waals surface area contributed by atoms with Crippen molar-refractivity contribution >= 4 is 18.0 Å². The molecule has 0 unspecified atom stereocenters. The highest BCUT2D eigenvalue weighted by Gasteiger charge is 2.05. The molecule has 3 heteroatoms. The minimum absolute atomic E-state index is 0.387. The quantitative estimate of drug-likeness (QED) is 0.274. The molecule has 66 valence electrons. The molecule has 0 aromatic carbocycles. The second-order valence-electron chi connectivity index (χ2n) is 2.04. The summed E-state index contributed by atoms with van der Waals surface area (Å²) in [7, 11) is 0. The van der Waals surface area contributed by atoms with Crippen LogP contribution in [0.5, 0.6) is 0 Å². The molecule has 0 amide bonds. The fourth-order valence-corrected chi connectivity index (χ4v) is 0.841. The van der Waals surface area contributed by atoms with Gasteiger partial charge in [0.1, 0.15) is 0 Å². The summed E-state index contributed by atoms with van der Waals surface area (Å²) in [6.07, 6.45) is 3.74. The van der Waals surface area contributed by atoms with Crippen molar-refractivity contribution in [1.29, 1.82) is 0 Å². The molecule has 0 heterocycles. The molecule has 0 atom stereocenters. The van der Waals surface area contributed by atoms with Gasteiger partial charge in [0, 0.05) is 11.3 Å². The van der Waals surface area contributed by atoms with Crippen LogP contribution < -0.4 is 0 Å². The van der Waals surface area contributed by atoms with E-state index in [9.17, 15) is 4.79 Å². The van der Waals surface area contributed by atoms with E-state index in [1.165, 1.54) is 0 Å². The van der Waals surface area contributed by atoms with Crippen LogP contribution in [0.2, 0.25) is 0 Å². The summed E-state index contributed by atoms with van der Waals surface area (Å²) in [4.78, 5) is 11.0. The minimum Gasteiger partial charge on any atom is -0.388 e. The molecule has 0 rings (SSSR count). The van der Waals surface area contributed by atoms with Crippen LogP contribution in [0, 0.1) is 0 Å². The summed E-state index contributed by atoms with van der Waals surface area (Å²) in [6.45, 7) is 10.5. The monoisotopic (exact) mass is 184 g/mol. The molecule has 2 nitrogen and oxygen atoms in total. The van der Waals surface area contributed by atoms with Crippen LogP contribution in [-0.4, -0.2) is 11.7 Å². The van der Waals surface area contributed by atoms with Gasteiger partial charge in [0.2, 0.25) is 0 Å². The van der Waals surface area contributed by atoms with Gasteiger partial charge in [-0.1, -0.05) is 18.7 Å². The van der Waals surface area contributed by atoms with Crippen LogP contribution in [0.4, 0.5) is 0 Å². The third kappa shape index (κ3) is 4.79. The van der Waals surface area contributed by atoms with Crippen molar-refractivity contribution in [2.75, 3.05) is 5.75 Å². The molecule has 12 heavy (non-hydrogen) atoms. The Morgan fingerprint density at radius 1 is 1.42 bits per heavy atom. The number of carbonyl (C=O) groups excluding carboxylic acids is 1. The van der Waals surface area contributed by atoms with Crippen molar-refractivity contribution in [3.8, 4) is 0 Å². The van der Waals surface area contributed by atoms with E-state index in [1.807, 2.05) is 0 Å². The van der Waals surface area contributed by atoms with E-state index in [1.54, 1.807) is 12.2 Å². The normalized spacial score (nSPS) is 8.67. The second kappa shape index (κ2) is 6.73. The largest absolute Gasteiger partial charge is 0.388 e. The van der Waals surface area contributed by atoms with Crippen molar-refractivity contribution < 1.29 is 8.98 Å². The molecule has 0 bridgehead atoms. The summed E-state index contributed by atoms with van der Waals surface area (Å²) in [6, 6.07) is 0. The van der Waals surface area contributed by atoms with Crippen molar-refractivity contribution in [2.45, 2.75) is 6.42 Å². The van der Waals surface area contributed by atoms with Gasteiger partial charge in [-0.3, -0.25) is 0 Å². The van der Waals surface area contributed by atoms with Crippen LogP contribution in [0.3, 0.4) is 0 Å². The Morgan fingerprint density at radius 3 is 2.58 bits per heavy atom. The summed E-state index contributed by atoms with van der Waals surface area (Å²) in [5.74, 6) is 0.203. The molecule has 0 fully saturated rings. The fourth-order valence-electron chi connectivity index (χ4n) is 0.452. The first-order chi connectivity index (χ1) is 5.72. The molecule has 0 spiro atoms. The van der Waals surface area contributed by atoms with Crippen molar-refractivity contribution in [1.82, 2.24) is 0 Å². The molecule has 0 saturated carbocycles. The van der Waals surface area contributed by atoms with Crippen LogP contribution in [0.15, 0.2) is 37.5 Å². The van der Waals surface area contributed by atoms with E-state index < -0.39 is 0 Å². The smallest absolute Gasteiger partial charge is 0.345 e. The van der Waals surface area contributed by atoms with Crippen molar-refractivity contribution in [3.63, 3.8) is 0 Å². The molecule has 0 N–H and O–H groups in total. The fraction of sp³-hybridized carbons (Fsp3) is 0.222. The van der Waals surface area contributed by atoms with E-state index in [2.05, 4.69) is 19.7 Å². The summed E-state index contributed by atoms with van der Waals surface area (Å²) in [5.41, 5.74) is 0.418. The molecule has 0 aromatic heterocycles. The maximum atomic E-state index is 11.0. The van der Waals surface area contributed by atoms with Crippen LogP contribution in [0.25, 0.3) is 0 Å². The maximum absolute atomic E-state index is 11.0. The average Bonchev–Trinajstić information content (AvgIpc) is 2.05. The van der Waals surface area contributed by atoms with Gasteiger partial charge in [-0.2, -0.15) is 0 Å². The van der Waals surface area contributed by atoms with Gasteiger partial charge in [-0.05, 0) is 6.42 Å². The molecular weight excluding hydrogens is 172 g/mol. The lowest BCUT2D eigenvalue weighted by Crippen LogP contribution is -2.01. The van der Waals surface area contributed by atoms with E-state index in [-0.39, 0.29) is 5.97 Å². The SMILES string of the molecule is C=CCSOC(=O)C(=C)CC=C. The third-order valence-electron chi connectivity index (χ3n) is 1.000. The van der Waals surface area contributed by atoms with Crippen LogP contribution in [0.1, 0.15) is 6.42 Å². The molecule has 0 aliphatic carbocycles. The second-order valence-corrected chi connectivity index (χ2v) is 2.78. The van der Waals surface area contributed by atoms with Crippen molar-refractivity contribution in [3.05, 3.63) is 37.5 Å². The van der Waals surface area contributed by atoms with Crippen LogP contribution in [-0.2, 0) is 8.98 Å². The van der Waals surface area contributed by atoms with Crippen molar-refractivity contribution in [2.24, 2.45) is 0 Å². The zero-order valence-electron chi connectivity index (χ0n) is 6.91. The Morgan fingerprint density at radius 2 is 2.08 bits per heavy atom. The van der Waals surface area contributed by atoms with E-state index >= 15 is 0 Å². The number of hydrogen-bond donors (Lipinski definition) is 0. The maximum Gasteiger partial charge on any atom is 0.345 e. The first-order valence-corrected chi connectivity index (χ1v) is 4.36. The number of allylic oxidation sites excluding steroid dienone is 1. The standard InChI is InChI=1S/C9H12O2S/c1-4-6-8(3)9(10)11-12-7-5-2/h4-5H,1-3,6-7H2. The zero-order chi connectivity index (χ0) is 9.40. The highest BCUT2D eigenvalue weighted by atomic mass is 32.2. The average molecular weight is 184 g/mol. The Labute approximate surface area is 77.2 Å². The molecule has 0 aliphatic rings. The molecule has 0 aromatic rings. The van der Waals surface area contributed by atoms with Crippen LogP contribution >= 0.6 is 12.0 Å². The predicted molar refractivity (Wildman–Crippen MR) is 52.7 cm³/mol. The molecular formula is C9H12O2S. The number of carbonyl (C=O) groups is 1. The Hall–Kier alpha value is -0.960. The van der Waals surface area contributed by atoms with Gasteiger partial charge in [-0.15, -0.1) is 13.2 Å². The lowest BCUT2D eigenvalue weighted by Gasteiger charge is -2.00.